The van der Waals surface area contributed by atoms with Crippen LogP contribution < -0.4 is 5.73 Å². The van der Waals surface area contributed by atoms with Crippen LogP contribution in [0.3, 0.4) is 0 Å². The van der Waals surface area contributed by atoms with Crippen LogP contribution in [-0.4, -0.2) is 16.3 Å². The van der Waals surface area contributed by atoms with Crippen molar-refractivity contribution in [1.82, 2.24) is 9.78 Å². The fraction of sp³-hybridized carbons (Fsp3) is 0.700. The standard InChI is InChI=1S/C10H19N3/c1-8(9(2)5-11)4-10-6-12-13(3)7-10/h6-9H,4-5,11H2,1-3H3. The van der Waals surface area contributed by atoms with E-state index in [0.29, 0.717) is 11.8 Å². The quantitative estimate of drug-likeness (QED) is 0.758. The van der Waals surface area contributed by atoms with Gasteiger partial charge in [-0.2, -0.15) is 5.10 Å². The third-order valence-electron chi connectivity index (χ3n) is 2.66. The third kappa shape index (κ3) is 2.84. The first-order valence-electron chi connectivity index (χ1n) is 4.81. The molecule has 0 spiro atoms. The number of hydrogen-bond donors (Lipinski definition) is 1. The van der Waals surface area contributed by atoms with Gasteiger partial charge in [-0.05, 0) is 30.4 Å². The Labute approximate surface area is 79.9 Å². The highest BCUT2D eigenvalue weighted by Crippen LogP contribution is 2.15. The molecular formula is C10H19N3. The molecule has 3 nitrogen and oxygen atoms in total. The lowest BCUT2D eigenvalue weighted by Crippen LogP contribution is -2.19. The number of rotatable bonds is 4. The molecule has 0 bridgehead atoms. The molecule has 0 fully saturated rings. The average molecular weight is 181 g/mol. The number of nitrogens with zero attached hydrogens (tertiary/aromatic N) is 2. The summed E-state index contributed by atoms with van der Waals surface area (Å²) in [6.45, 7) is 5.20. The first-order valence-corrected chi connectivity index (χ1v) is 4.81. The van der Waals surface area contributed by atoms with Gasteiger partial charge in [0.05, 0.1) is 6.20 Å². The molecule has 0 aliphatic rings. The lowest BCUT2D eigenvalue weighted by atomic mass is 9.91. The molecule has 0 radical (unpaired) electrons. The highest BCUT2D eigenvalue weighted by atomic mass is 15.2. The Kier molecular flexibility index (Phi) is 3.48. The molecule has 0 aliphatic heterocycles. The van der Waals surface area contributed by atoms with E-state index in [1.165, 1.54) is 5.56 Å². The largest absolute Gasteiger partial charge is 0.330 e. The second-order valence-corrected chi connectivity index (χ2v) is 3.92. The molecular weight excluding hydrogens is 162 g/mol. The maximum atomic E-state index is 5.61. The number of aromatic nitrogens is 2. The summed E-state index contributed by atoms with van der Waals surface area (Å²) in [5.74, 6) is 1.22. The second kappa shape index (κ2) is 4.42. The van der Waals surface area contributed by atoms with E-state index in [9.17, 15) is 0 Å². The van der Waals surface area contributed by atoms with Crippen molar-refractivity contribution in [3.63, 3.8) is 0 Å². The van der Waals surface area contributed by atoms with E-state index in [1.54, 1.807) is 0 Å². The topological polar surface area (TPSA) is 43.8 Å². The van der Waals surface area contributed by atoms with Crippen LogP contribution in [0, 0.1) is 11.8 Å². The van der Waals surface area contributed by atoms with Crippen molar-refractivity contribution in [3.8, 4) is 0 Å². The molecule has 0 aromatic carbocycles. The van der Waals surface area contributed by atoms with E-state index < -0.39 is 0 Å². The van der Waals surface area contributed by atoms with Crippen LogP contribution in [0.4, 0.5) is 0 Å². The monoisotopic (exact) mass is 181 g/mol. The zero-order valence-corrected chi connectivity index (χ0v) is 8.70. The van der Waals surface area contributed by atoms with E-state index in [-0.39, 0.29) is 0 Å². The van der Waals surface area contributed by atoms with Gasteiger partial charge in [-0.25, -0.2) is 0 Å². The minimum Gasteiger partial charge on any atom is -0.330 e. The van der Waals surface area contributed by atoms with Gasteiger partial charge >= 0.3 is 0 Å². The van der Waals surface area contributed by atoms with Crippen LogP contribution in [0.25, 0.3) is 0 Å². The van der Waals surface area contributed by atoms with Crippen LogP contribution in [0.2, 0.25) is 0 Å². The highest BCUT2D eigenvalue weighted by molar-refractivity contribution is 5.04. The summed E-state index contributed by atoms with van der Waals surface area (Å²) in [5, 5.41) is 4.14. The van der Waals surface area contributed by atoms with Crippen LogP contribution in [0.1, 0.15) is 19.4 Å². The Morgan fingerprint density at radius 3 is 2.62 bits per heavy atom. The minimum absolute atomic E-state index is 0.584. The van der Waals surface area contributed by atoms with Gasteiger partial charge in [-0.15, -0.1) is 0 Å². The normalized spacial score (nSPS) is 15.7. The SMILES string of the molecule is CC(CN)C(C)Cc1cnn(C)c1. The third-order valence-corrected chi connectivity index (χ3v) is 2.66. The Balaban J connectivity index is 2.49. The molecule has 3 heteroatoms. The molecule has 1 heterocycles. The molecule has 2 unspecified atom stereocenters. The molecule has 2 atom stereocenters. The Morgan fingerprint density at radius 1 is 1.46 bits per heavy atom. The fourth-order valence-electron chi connectivity index (χ4n) is 1.38. The first-order chi connectivity index (χ1) is 6.13. The summed E-state index contributed by atoms with van der Waals surface area (Å²) in [7, 11) is 1.94. The van der Waals surface area contributed by atoms with Gasteiger partial charge in [0.1, 0.15) is 0 Å². The van der Waals surface area contributed by atoms with Gasteiger partial charge in [0.15, 0.2) is 0 Å². The molecule has 1 aromatic rings. The van der Waals surface area contributed by atoms with Gasteiger partial charge in [-0.1, -0.05) is 13.8 Å². The van der Waals surface area contributed by atoms with Gasteiger partial charge in [0, 0.05) is 13.2 Å². The lowest BCUT2D eigenvalue weighted by Gasteiger charge is -2.16. The first kappa shape index (κ1) is 10.3. The van der Waals surface area contributed by atoms with E-state index in [4.69, 9.17) is 5.73 Å². The van der Waals surface area contributed by atoms with Crippen molar-refractivity contribution in [2.75, 3.05) is 6.54 Å². The molecule has 13 heavy (non-hydrogen) atoms. The van der Waals surface area contributed by atoms with Gasteiger partial charge < -0.3 is 5.73 Å². The van der Waals surface area contributed by atoms with Gasteiger partial charge in [0.25, 0.3) is 0 Å². The minimum atomic E-state index is 0.584. The molecule has 74 valence electrons. The fourth-order valence-corrected chi connectivity index (χ4v) is 1.38. The molecule has 1 rings (SSSR count). The van der Waals surface area contributed by atoms with E-state index in [2.05, 4.69) is 25.1 Å². The molecule has 1 aromatic heterocycles. The van der Waals surface area contributed by atoms with Crippen molar-refractivity contribution in [3.05, 3.63) is 18.0 Å². The van der Waals surface area contributed by atoms with Gasteiger partial charge in [-0.3, -0.25) is 4.68 Å². The van der Waals surface area contributed by atoms with Crippen molar-refractivity contribution in [1.29, 1.82) is 0 Å². The summed E-state index contributed by atoms with van der Waals surface area (Å²) >= 11 is 0. The number of nitrogens with two attached hydrogens (primary N) is 1. The van der Waals surface area contributed by atoms with Crippen molar-refractivity contribution < 1.29 is 0 Å². The zero-order chi connectivity index (χ0) is 9.84. The Bertz CT molecular complexity index is 254. The maximum absolute atomic E-state index is 5.61. The lowest BCUT2D eigenvalue weighted by molar-refractivity contribution is 0.394. The van der Waals surface area contributed by atoms with Gasteiger partial charge in [0.2, 0.25) is 0 Å². The number of hydrogen-bond acceptors (Lipinski definition) is 2. The smallest absolute Gasteiger partial charge is 0.0521 e. The van der Waals surface area contributed by atoms with E-state index in [1.807, 2.05) is 17.9 Å². The molecule has 2 N–H and O–H groups in total. The highest BCUT2D eigenvalue weighted by Gasteiger charge is 2.11. The van der Waals surface area contributed by atoms with E-state index in [0.717, 1.165) is 13.0 Å². The Morgan fingerprint density at radius 2 is 2.15 bits per heavy atom. The zero-order valence-electron chi connectivity index (χ0n) is 8.70. The van der Waals surface area contributed by atoms with Crippen LogP contribution in [0.15, 0.2) is 12.4 Å². The predicted octanol–water partition coefficient (Wildman–Crippen LogP) is 1.19. The maximum Gasteiger partial charge on any atom is 0.0521 e. The van der Waals surface area contributed by atoms with Crippen LogP contribution in [0.5, 0.6) is 0 Å². The van der Waals surface area contributed by atoms with Crippen molar-refractivity contribution in [2.45, 2.75) is 20.3 Å². The van der Waals surface area contributed by atoms with E-state index >= 15 is 0 Å². The summed E-state index contributed by atoms with van der Waals surface area (Å²) in [6.07, 6.45) is 5.08. The predicted molar refractivity (Wildman–Crippen MR) is 54.3 cm³/mol. The Hall–Kier alpha value is -0.830. The summed E-state index contributed by atoms with van der Waals surface area (Å²) in [4.78, 5) is 0. The van der Waals surface area contributed by atoms with Crippen LogP contribution >= 0.6 is 0 Å². The average Bonchev–Trinajstić information content (AvgIpc) is 2.49. The molecule has 0 saturated heterocycles. The van der Waals surface area contributed by atoms with Crippen molar-refractivity contribution in [2.24, 2.45) is 24.6 Å². The number of aryl methyl sites for hydroxylation is 1. The van der Waals surface area contributed by atoms with Crippen molar-refractivity contribution >= 4 is 0 Å². The van der Waals surface area contributed by atoms with Crippen LogP contribution in [-0.2, 0) is 13.5 Å². The summed E-state index contributed by atoms with van der Waals surface area (Å²) in [6, 6.07) is 0. The molecule has 0 saturated carbocycles. The summed E-state index contributed by atoms with van der Waals surface area (Å²) in [5.41, 5.74) is 6.91. The molecule has 0 amide bonds. The molecule has 0 aliphatic carbocycles. The second-order valence-electron chi connectivity index (χ2n) is 3.92. The summed E-state index contributed by atoms with van der Waals surface area (Å²) < 4.78 is 1.84.